The predicted molar refractivity (Wildman–Crippen MR) is 113 cm³/mol. The maximum Gasteiger partial charge on any atom is 0.272 e. The van der Waals surface area contributed by atoms with Gasteiger partial charge >= 0.3 is 0 Å². The van der Waals surface area contributed by atoms with E-state index in [0.29, 0.717) is 18.8 Å². The second-order valence-electron chi connectivity index (χ2n) is 6.96. The van der Waals surface area contributed by atoms with Crippen molar-refractivity contribution < 1.29 is 4.79 Å². The van der Waals surface area contributed by atoms with Gasteiger partial charge in [-0.05, 0) is 17.5 Å². The van der Waals surface area contributed by atoms with Crippen LogP contribution in [0, 0.1) is 0 Å². The SMILES string of the molecule is Cl.O=C(NCC(Cc1ccccc1)c1ccccc1)c1n[nH]c2c1CNCC2. The largest absolute Gasteiger partial charge is 0.350 e. The van der Waals surface area contributed by atoms with E-state index in [1.165, 1.54) is 11.1 Å². The van der Waals surface area contributed by atoms with Crippen molar-refractivity contribution in [3.05, 3.63) is 88.7 Å². The van der Waals surface area contributed by atoms with Crippen molar-refractivity contribution in [3.8, 4) is 0 Å². The normalized spacial score (nSPS) is 13.9. The summed E-state index contributed by atoms with van der Waals surface area (Å²) in [6, 6.07) is 20.8. The number of hydrogen-bond acceptors (Lipinski definition) is 3. The Morgan fingerprint density at radius 2 is 1.79 bits per heavy atom. The number of carbonyl (C=O) groups excluding carboxylic acids is 1. The number of nitrogens with zero attached hydrogens (tertiary/aromatic N) is 1. The zero-order valence-corrected chi connectivity index (χ0v) is 16.5. The highest BCUT2D eigenvalue weighted by Gasteiger charge is 2.22. The van der Waals surface area contributed by atoms with Crippen LogP contribution in [0.15, 0.2) is 60.7 Å². The van der Waals surface area contributed by atoms with Crippen LogP contribution < -0.4 is 10.6 Å². The minimum absolute atomic E-state index is 0. The van der Waals surface area contributed by atoms with E-state index in [-0.39, 0.29) is 24.2 Å². The molecule has 1 atom stereocenters. The third-order valence-electron chi connectivity index (χ3n) is 5.13. The molecule has 3 aromatic rings. The van der Waals surface area contributed by atoms with Gasteiger partial charge in [0.05, 0.1) is 0 Å². The monoisotopic (exact) mass is 396 g/mol. The van der Waals surface area contributed by atoms with Gasteiger partial charge in [0.25, 0.3) is 5.91 Å². The zero-order chi connectivity index (χ0) is 18.5. The van der Waals surface area contributed by atoms with Crippen LogP contribution in [0.4, 0.5) is 0 Å². The van der Waals surface area contributed by atoms with Gasteiger partial charge in [-0.25, -0.2) is 0 Å². The lowest BCUT2D eigenvalue weighted by molar-refractivity contribution is 0.0945. The van der Waals surface area contributed by atoms with E-state index in [9.17, 15) is 4.79 Å². The van der Waals surface area contributed by atoms with Crippen LogP contribution in [0.3, 0.4) is 0 Å². The van der Waals surface area contributed by atoms with Crippen LogP contribution in [0.5, 0.6) is 0 Å². The van der Waals surface area contributed by atoms with E-state index in [1.807, 2.05) is 24.3 Å². The first-order valence-electron chi connectivity index (χ1n) is 9.45. The lowest BCUT2D eigenvalue weighted by atomic mass is 9.92. The highest BCUT2D eigenvalue weighted by atomic mass is 35.5. The Labute approximate surface area is 171 Å². The molecule has 2 heterocycles. The van der Waals surface area contributed by atoms with E-state index in [1.54, 1.807) is 0 Å². The molecule has 6 heteroatoms. The molecule has 28 heavy (non-hydrogen) atoms. The number of halogens is 1. The molecule has 1 aromatic heterocycles. The lowest BCUT2D eigenvalue weighted by Crippen LogP contribution is -2.31. The smallest absolute Gasteiger partial charge is 0.272 e. The first kappa shape index (κ1) is 20.1. The predicted octanol–water partition coefficient (Wildman–Crippen LogP) is 3.23. The summed E-state index contributed by atoms with van der Waals surface area (Å²) < 4.78 is 0. The average molecular weight is 397 g/mol. The quantitative estimate of drug-likeness (QED) is 0.599. The number of carbonyl (C=O) groups is 1. The number of rotatable bonds is 6. The van der Waals surface area contributed by atoms with Crippen molar-refractivity contribution >= 4 is 18.3 Å². The van der Waals surface area contributed by atoms with Gasteiger partial charge in [0, 0.05) is 43.2 Å². The second-order valence-corrected chi connectivity index (χ2v) is 6.96. The molecule has 4 rings (SSSR count). The summed E-state index contributed by atoms with van der Waals surface area (Å²) in [6.07, 6.45) is 1.77. The topological polar surface area (TPSA) is 69.8 Å². The van der Waals surface area contributed by atoms with Gasteiger partial charge in [-0.1, -0.05) is 60.7 Å². The van der Waals surface area contributed by atoms with Crippen LogP contribution in [0.2, 0.25) is 0 Å². The number of aromatic nitrogens is 2. The summed E-state index contributed by atoms with van der Waals surface area (Å²) >= 11 is 0. The van der Waals surface area contributed by atoms with Gasteiger partial charge < -0.3 is 10.6 Å². The molecule has 0 radical (unpaired) electrons. The highest BCUT2D eigenvalue weighted by Crippen LogP contribution is 2.21. The molecule has 146 valence electrons. The number of nitrogens with one attached hydrogen (secondary N) is 3. The third-order valence-corrected chi connectivity index (χ3v) is 5.13. The number of hydrogen-bond donors (Lipinski definition) is 3. The van der Waals surface area contributed by atoms with Gasteiger partial charge in [-0.3, -0.25) is 9.89 Å². The molecule has 1 amide bonds. The maximum atomic E-state index is 12.7. The fourth-order valence-corrected chi connectivity index (χ4v) is 3.64. The Balaban J connectivity index is 0.00000225. The fourth-order valence-electron chi connectivity index (χ4n) is 3.64. The molecule has 5 nitrogen and oxygen atoms in total. The third kappa shape index (κ3) is 4.61. The molecule has 0 aliphatic carbocycles. The summed E-state index contributed by atoms with van der Waals surface area (Å²) in [4.78, 5) is 12.7. The number of benzene rings is 2. The molecule has 0 saturated heterocycles. The van der Waals surface area contributed by atoms with Crippen molar-refractivity contribution in [2.24, 2.45) is 0 Å². The van der Waals surface area contributed by atoms with Crippen molar-refractivity contribution in [2.45, 2.75) is 25.3 Å². The zero-order valence-electron chi connectivity index (χ0n) is 15.7. The van der Waals surface area contributed by atoms with Gasteiger partial charge in [-0.15, -0.1) is 12.4 Å². The molecule has 3 N–H and O–H groups in total. The van der Waals surface area contributed by atoms with Crippen molar-refractivity contribution in [3.63, 3.8) is 0 Å². The van der Waals surface area contributed by atoms with Crippen LogP contribution in [-0.2, 0) is 19.4 Å². The van der Waals surface area contributed by atoms with Crippen LogP contribution in [0.1, 0.15) is 38.8 Å². The lowest BCUT2D eigenvalue weighted by Gasteiger charge is -2.19. The molecule has 2 aromatic carbocycles. The van der Waals surface area contributed by atoms with Crippen LogP contribution in [-0.4, -0.2) is 29.2 Å². The second kappa shape index (κ2) is 9.53. The standard InChI is InChI=1S/C22H24N4O.ClH/c27-22(21-19-15-23-12-11-20(19)25-26-21)24-14-18(17-9-5-2-6-10-17)13-16-7-3-1-4-8-16;/h1-10,18,23H,11-15H2,(H,24,27)(H,25,26);1H. The van der Waals surface area contributed by atoms with Gasteiger partial charge in [-0.2, -0.15) is 5.10 Å². The molecule has 0 saturated carbocycles. The van der Waals surface area contributed by atoms with E-state index in [2.05, 4.69) is 57.2 Å². The molecular formula is C22H25ClN4O. The Morgan fingerprint density at radius 1 is 1.07 bits per heavy atom. The van der Waals surface area contributed by atoms with Crippen molar-refractivity contribution in [1.82, 2.24) is 20.8 Å². The average Bonchev–Trinajstić information content (AvgIpc) is 3.16. The summed E-state index contributed by atoms with van der Waals surface area (Å²) in [6.45, 7) is 2.19. The van der Waals surface area contributed by atoms with Crippen molar-refractivity contribution in [2.75, 3.05) is 13.1 Å². The van der Waals surface area contributed by atoms with Crippen LogP contribution in [0.25, 0.3) is 0 Å². The molecule has 1 unspecified atom stereocenters. The molecule has 1 aliphatic rings. The number of H-pyrrole nitrogens is 1. The number of fused-ring (bicyclic) bond motifs is 1. The molecule has 0 bridgehead atoms. The summed E-state index contributed by atoms with van der Waals surface area (Å²) in [5.74, 6) is 0.107. The Morgan fingerprint density at radius 3 is 2.54 bits per heavy atom. The van der Waals surface area contributed by atoms with Crippen LogP contribution >= 0.6 is 12.4 Å². The Hall–Kier alpha value is -2.63. The summed E-state index contributed by atoms with van der Waals surface area (Å²) in [7, 11) is 0. The van der Waals surface area contributed by atoms with Gasteiger partial charge in [0.1, 0.15) is 0 Å². The minimum Gasteiger partial charge on any atom is -0.350 e. The molecular weight excluding hydrogens is 372 g/mol. The molecule has 0 fully saturated rings. The Kier molecular flexibility index (Phi) is 6.85. The number of amides is 1. The minimum atomic E-state index is -0.106. The first-order chi connectivity index (χ1) is 13.3. The van der Waals surface area contributed by atoms with E-state index < -0.39 is 0 Å². The maximum absolute atomic E-state index is 12.7. The number of aromatic amines is 1. The first-order valence-corrected chi connectivity index (χ1v) is 9.45. The van der Waals surface area contributed by atoms with E-state index in [4.69, 9.17) is 0 Å². The van der Waals surface area contributed by atoms with Crippen molar-refractivity contribution in [1.29, 1.82) is 0 Å². The highest BCUT2D eigenvalue weighted by molar-refractivity contribution is 5.94. The van der Waals surface area contributed by atoms with E-state index in [0.717, 1.165) is 30.6 Å². The van der Waals surface area contributed by atoms with Gasteiger partial charge in [0.15, 0.2) is 5.69 Å². The molecule has 1 aliphatic heterocycles. The fraction of sp³-hybridized carbons (Fsp3) is 0.273. The van der Waals surface area contributed by atoms with E-state index >= 15 is 0 Å². The molecule has 0 spiro atoms. The Bertz CT molecular complexity index is 895. The summed E-state index contributed by atoms with van der Waals surface area (Å²) in [5, 5.41) is 13.7. The van der Waals surface area contributed by atoms with Gasteiger partial charge in [0.2, 0.25) is 0 Å². The summed E-state index contributed by atoms with van der Waals surface area (Å²) in [5.41, 5.74) is 5.08.